The fourth-order valence-electron chi connectivity index (χ4n) is 1.93. The van der Waals surface area contributed by atoms with Gasteiger partial charge >= 0.3 is 5.97 Å². The van der Waals surface area contributed by atoms with Crippen LogP contribution in [0.3, 0.4) is 0 Å². The smallest absolute Gasteiger partial charge is 0.343 e. The highest BCUT2D eigenvalue weighted by atomic mass is 16.5. The number of hydrogen-bond acceptors (Lipinski definition) is 5. The molecule has 1 aromatic carbocycles. The van der Waals surface area contributed by atoms with Crippen molar-refractivity contribution in [1.29, 1.82) is 0 Å². The lowest BCUT2D eigenvalue weighted by Crippen LogP contribution is -2.06. The molecule has 2 rings (SSSR count). The van der Waals surface area contributed by atoms with Crippen molar-refractivity contribution < 1.29 is 14.3 Å². The number of nitrogens with zero attached hydrogens (tertiary/aromatic N) is 1. The highest BCUT2D eigenvalue weighted by Crippen LogP contribution is 2.25. The summed E-state index contributed by atoms with van der Waals surface area (Å²) in [6.45, 7) is 2.13. The lowest BCUT2D eigenvalue weighted by Gasteiger charge is -2.10. The Kier molecular flexibility index (Phi) is 4.77. The van der Waals surface area contributed by atoms with Crippen LogP contribution in [0.5, 0.6) is 11.6 Å². The van der Waals surface area contributed by atoms with E-state index in [0.29, 0.717) is 11.4 Å². The van der Waals surface area contributed by atoms with E-state index in [9.17, 15) is 4.79 Å². The van der Waals surface area contributed by atoms with Gasteiger partial charge in [0.05, 0.1) is 19.0 Å². The van der Waals surface area contributed by atoms with E-state index in [1.807, 2.05) is 24.3 Å². The van der Waals surface area contributed by atoms with Gasteiger partial charge in [-0.15, -0.1) is 0 Å². The third-order valence-corrected chi connectivity index (χ3v) is 2.95. The molecule has 0 radical (unpaired) electrons. The van der Waals surface area contributed by atoms with E-state index in [1.54, 1.807) is 0 Å². The van der Waals surface area contributed by atoms with Gasteiger partial charge in [0.25, 0.3) is 0 Å². The Morgan fingerprint density at radius 3 is 2.62 bits per heavy atom. The molecule has 0 bridgehead atoms. The first-order valence-electron chi connectivity index (χ1n) is 6.74. The summed E-state index contributed by atoms with van der Waals surface area (Å²) in [4.78, 5) is 15.8. The molecule has 1 heterocycles. The number of esters is 1. The van der Waals surface area contributed by atoms with Gasteiger partial charge < -0.3 is 15.2 Å². The minimum atomic E-state index is -0.535. The Bertz CT molecular complexity index is 624. The van der Waals surface area contributed by atoms with Gasteiger partial charge in [-0.1, -0.05) is 25.5 Å². The maximum atomic E-state index is 11.7. The topological polar surface area (TPSA) is 74.4 Å². The molecule has 5 heteroatoms. The molecule has 0 unspecified atom stereocenters. The number of rotatable bonds is 5. The maximum Gasteiger partial charge on any atom is 0.343 e. The zero-order chi connectivity index (χ0) is 15.2. The predicted molar refractivity (Wildman–Crippen MR) is 80.5 cm³/mol. The summed E-state index contributed by atoms with van der Waals surface area (Å²) in [5.41, 5.74) is 7.46. The van der Waals surface area contributed by atoms with Crippen LogP contribution in [0.1, 0.15) is 29.3 Å². The molecule has 0 amide bonds. The van der Waals surface area contributed by atoms with Crippen LogP contribution in [0.15, 0.2) is 36.5 Å². The van der Waals surface area contributed by atoms with Crippen LogP contribution in [0.4, 0.5) is 5.69 Å². The van der Waals surface area contributed by atoms with Gasteiger partial charge in [0.2, 0.25) is 5.88 Å². The van der Waals surface area contributed by atoms with Crippen molar-refractivity contribution in [2.45, 2.75) is 19.8 Å². The van der Waals surface area contributed by atoms with E-state index >= 15 is 0 Å². The molecule has 21 heavy (non-hydrogen) atoms. The Balaban J connectivity index is 2.24. The summed E-state index contributed by atoms with van der Waals surface area (Å²) < 4.78 is 10.4. The molecule has 5 nitrogen and oxygen atoms in total. The molecule has 0 fully saturated rings. The molecule has 2 N–H and O–H groups in total. The summed E-state index contributed by atoms with van der Waals surface area (Å²) in [5, 5.41) is 0. The normalized spacial score (nSPS) is 10.2. The molecule has 0 aliphatic carbocycles. The Hall–Kier alpha value is -2.56. The van der Waals surface area contributed by atoms with Crippen molar-refractivity contribution in [3.05, 3.63) is 47.7 Å². The van der Waals surface area contributed by atoms with Crippen molar-refractivity contribution in [1.82, 2.24) is 4.98 Å². The zero-order valence-corrected chi connectivity index (χ0v) is 12.1. The number of benzene rings is 1. The number of anilines is 1. The second-order valence-electron chi connectivity index (χ2n) is 4.61. The van der Waals surface area contributed by atoms with E-state index < -0.39 is 5.97 Å². The monoisotopic (exact) mass is 286 g/mol. The minimum Gasteiger partial charge on any atom is -0.465 e. The molecule has 1 aromatic heterocycles. The number of nitrogens with two attached hydrogens (primary N) is 1. The van der Waals surface area contributed by atoms with E-state index in [-0.39, 0.29) is 11.4 Å². The first-order valence-corrected chi connectivity index (χ1v) is 6.74. The van der Waals surface area contributed by atoms with Gasteiger partial charge in [-0.2, -0.15) is 0 Å². The maximum absolute atomic E-state index is 11.7. The molecule has 0 atom stereocenters. The second kappa shape index (κ2) is 6.74. The summed E-state index contributed by atoms with van der Waals surface area (Å²) in [5.74, 6) is 0.254. The summed E-state index contributed by atoms with van der Waals surface area (Å²) in [6.07, 6.45) is 3.55. The third kappa shape index (κ3) is 3.72. The Morgan fingerprint density at radius 2 is 2.00 bits per heavy atom. The summed E-state index contributed by atoms with van der Waals surface area (Å²) in [7, 11) is 1.30. The van der Waals surface area contributed by atoms with E-state index in [4.69, 9.17) is 15.2 Å². The highest BCUT2D eigenvalue weighted by Gasteiger charge is 2.15. The first-order chi connectivity index (χ1) is 10.1. The van der Waals surface area contributed by atoms with Crippen LogP contribution >= 0.6 is 0 Å². The number of carbonyl (C=O) groups excluding carboxylic acids is 1. The van der Waals surface area contributed by atoms with E-state index in [2.05, 4.69) is 11.9 Å². The average Bonchev–Trinajstić information content (AvgIpc) is 2.50. The fourth-order valence-corrected chi connectivity index (χ4v) is 1.93. The molecule has 110 valence electrons. The fraction of sp³-hybridized carbons (Fsp3) is 0.250. The van der Waals surface area contributed by atoms with E-state index in [0.717, 1.165) is 12.8 Å². The Labute approximate surface area is 123 Å². The van der Waals surface area contributed by atoms with Crippen LogP contribution < -0.4 is 10.5 Å². The Morgan fingerprint density at radius 1 is 1.29 bits per heavy atom. The number of ether oxygens (including phenoxy) is 2. The van der Waals surface area contributed by atoms with Crippen molar-refractivity contribution in [2.75, 3.05) is 12.8 Å². The van der Waals surface area contributed by atoms with Gasteiger partial charge in [0.1, 0.15) is 11.3 Å². The zero-order valence-electron chi connectivity index (χ0n) is 12.1. The number of nitrogen functional groups attached to an aromatic ring is 1. The number of aromatic nitrogens is 1. The van der Waals surface area contributed by atoms with Crippen LogP contribution in [0.25, 0.3) is 0 Å². The summed E-state index contributed by atoms with van der Waals surface area (Å²) >= 11 is 0. The van der Waals surface area contributed by atoms with Gasteiger partial charge in [-0.3, -0.25) is 0 Å². The van der Waals surface area contributed by atoms with Crippen LogP contribution in [0, 0.1) is 0 Å². The van der Waals surface area contributed by atoms with Crippen LogP contribution in [-0.2, 0) is 11.2 Å². The minimum absolute atomic E-state index is 0.180. The lowest BCUT2D eigenvalue weighted by molar-refractivity contribution is 0.0597. The number of pyridine rings is 1. The highest BCUT2D eigenvalue weighted by molar-refractivity contribution is 5.92. The SMILES string of the molecule is CCCc1ccc(Oc2ncc(N)cc2C(=O)OC)cc1. The van der Waals surface area contributed by atoms with E-state index in [1.165, 1.54) is 24.9 Å². The summed E-state index contributed by atoms with van der Waals surface area (Å²) in [6, 6.07) is 9.18. The second-order valence-corrected chi connectivity index (χ2v) is 4.61. The largest absolute Gasteiger partial charge is 0.465 e. The molecule has 0 aliphatic rings. The third-order valence-electron chi connectivity index (χ3n) is 2.95. The van der Waals surface area contributed by atoms with Crippen LogP contribution in [-0.4, -0.2) is 18.1 Å². The number of carbonyl (C=O) groups is 1. The van der Waals surface area contributed by atoms with Crippen molar-refractivity contribution in [3.63, 3.8) is 0 Å². The quantitative estimate of drug-likeness (QED) is 0.854. The van der Waals surface area contributed by atoms with Crippen LogP contribution in [0.2, 0.25) is 0 Å². The first kappa shape index (κ1) is 14.8. The van der Waals surface area contributed by atoms with Gasteiger partial charge in [-0.25, -0.2) is 9.78 Å². The number of aryl methyl sites for hydroxylation is 1. The molecule has 0 spiro atoms. The number of hydrogen-bond donors (Lipinski definition) is 1. The predicted octanol–water partition coefficient (Wildman–Crippen LogP) is 3.20. The molecule has 2 aromatic rings. The lowest BCUT2D eigenvalue weighted by atomic mass is 10.1. The van der Waals surface area contributed by atoms with Crippen molar-refractivity contribution >= 4 is 11.7 Å². The van der Waals surface area contributed by atoms with Gasteiger partial charge in [-0.05, 0) is 30.2 Å². The average molecular weight is 286 g/mol. The van der Waals surface area contributed by atoms with Gasteiger partial charge in [0, 0.05) is 0 Å². The van der Waals surface area contributed by atoms with Gasteiger partial charge in [0.15, 0.2) is 0 Å². The molecule has 0 saturated heterocycles. The standard InChI is InChI=1S/C16H18N2O3/c1-3-4-11-5-7-13(8-6-11)21-15-14(16(19)20-2)9-12(17)10-18-15/h5-10H,3-4,17H2,1-2H3. The number of methoxy groups -OCH3 is 1. The van der Waals surface area contributed by atoms with Crippen molar-refractivity contribution in [3.8, 4) is 11.6 Å². The molecular formula is C16H18N2O3. The van der Waals surface area contributed by atoms with Crippen molar-refractivity contribution in [2.24, 2.45) is 0 Å². The molecule has 0 saturated carbocycles. The molecular weight excluding hydrogens is 268 g/mol. The molecule has 0 aliphatic heterocycles.